The van der Waals surface area contributed by atoms with Crippen molar-refractivity contribution in [3.8, 4) is 0 Å². The summed E-state index contributed by atoms with van der Waals surface area (Å²) in [6.45, 7) is 20.3. The van der Waals surface area contributed by atoms with Crippen molar-refractivity contribution in [1.82, 2.24) is 18.6 Å². The SMILES string of the molecule is CCc1ccc(Cc2csc(N3CCN(S(=O)(=O)c4c(C)cc(C)cc4C)CC3)n2)cc1.Cc1ccc(Cc2csc(N3CCN(S(=O)(=O)c4c(C)cc(C)cc4C)CC3)n2)cc1. The van der Waals surface area contributed by atoms with Crippen LogP contribution in [0.25, 0.3) is 0 Å². The van der Waals surface area contributed by atoms with E-state index in [0.717, 1.165) is 74.3 Å². The molecule has 2 aliphatic heterocycles. The average Bonchev–Trinajstić information content (AvgIpc) is 3.91. The predicted molar refractivity (Wildman–Crippen MR) is 260 cm³/mol. The zero-order valence-corrected chi connectivity index (χ0v) is 41.1. The Morgan fingerprint density at radius 1 is 0.476 bits per heavy atom. The molecule has 0 atom stereocenters. The van der Waals surface area contributed by atoms with Gasteiger partial charge in [0.15, 0.2) is 10.3 Å². The van der Waals surface area contributed by atoms with Gasteiger partial charge in [-0.05, 0) is 93.8 Å². The maximum Gasteiger partial charge on any atom is 0.243 e. The predicted octanol–water partition coefficient (Wildman–Crippen LogP) is 9.21. The van der Waals surface area contributed by atoms with Crippen LogP contribution in [0.3, 0.4) is 0 Å². The second-order valence-corrected chi connectivity index (χ2v) is 22.4. The third-order valence-electron chi connectivity index (χ3n) is 11.8. The van der Waals surface area contributed by atoms with E-state index < -0.39 is 20.0 Å². The lowest BCUT2D eigenvalue weighted by atomic mass is 10.1. The first-order chi connectivity index (χ1) is 30.0. The maximum absolute atomic E-state index is 13.3. The lowest BCUT2D eigenvalue weighted by Gasteiger charge is -2.34. The quantitative estimate of drug-likeness (QED) is 0.127. The van der Waals surface area contributed by atoms with Crippen LogP contribution in [0.15, 0.2) is 93.3 Å². The molecule has 14 heteroatoms. The van der Waals surface area contributed by atoms with Crippen molar-refractivity contribution in [1.29, 1.82) is 0 Å². The van der Waals surface area contributed by atoms with E-state index >= 15 is 0 Å². The van der Waals surface area contributed by atoms with E-state index in [1.54, 1.807) is 31.3 Å². The molecular weight excluding hydrogens is 865 g/mol. The highest BCUT2D eigenvalue weighted by Gasteiger charge is 2.33. The molecule has 0 spiro atoms. The van der Waals surface area contributed by atoms with Crippen molar-refractivity contribution in [3.05, 3.63) is 151 Å². The van der Waals surface area contributed by atoms with Crippen LogP contribution in [0.1, 0.15) is 73.9 Å². The summed E-state index contributed by atoms with van der Waals surface area (Å²) in [5.74, 6) is 0. The first kappa shape index (κ1) is 46.5. The van der Waals surface area contributed by atoms with Gasteiger partial charge in [0, 0.05) is 76.0 Å². The first-order valence-electron chi connectivity index (χ1n) is 21.7. The van der Waals surface area contributed by atoms with E-state index in [1.807, 2.05) is 65.8 Å². The van der Waals surface area contributed by atoms with E-state index in [1.165, 1.54) is 22.3 Å². The molecule has 334 valence electrons. The molecule has 0 saturated carbocycles. The van der Waals surface area contributed by atoms with Crippen LogP contribution in [0, 0.1) is 48.5 Å². The summed E-state index contributed by atoms with van der Waals surface area (Å²) in [6, 6.07) is 25.0. The number of aromatic nitrogens is 2. The van der Waals surface area contributed by atoms with Gasteiger partial charge in [-0.25, -0.2) is 26.8 Å². The van der Waals surface area contributed by atoms with Gasteiger partial charge in [0.2, 0.25) is 20.0 Å². The standard InChI is InChI=1S/C25H31N3O2S2.C24H29N3O2S2/c1-5-21-6-8-22(9-7-21)16-23-17-31-25(26-23)27-10-12-28(13-11-27)32(29,30)24-19(3)14-18(2)15-20(24)4;1-17-5-7-21(8-6-17)15-22-16-30-24(25-22)26-9-11-27(12-10-26)31(28,29)23-19(3)13-18(2)14-20(23)4/h6-9,14-15,17H,5,10-13,16H2,1-4H3;5-8,13-14,16H,9-12,15H2,1-4H3. The molecule has 8 rings (SSSR count). The van der Waals surface area contributed by atoms with E-state index in [2.05, 4.69) is 82.9 Å². The van der Waals surface area contributed by atoms with Crippen LogP contribution in [0.4, 0.5) is 10.3 Å². The lowest BCUT2D eigenvalue weighted by molar-refractivity contribution is 0.384. The van der Waals surface area contributed by atoms with E-state index in [4.69, 9.17) is 9.97 Å². The average molecular weight is 925 g/mol. The second kappa shape index (κ2) is 19.7. The Morgan fingerprint density at radius 3 is 1.16 bits per heavy atom. The molecule has 2 saturated heterocycles. The molecule has 2 fully saturated rings. The van der Waals surface area contributed by atoms with Gasteiger partial charge >= 0.3 is 0 Å². The molecule has 2 aromatic heterocycles. The van der Waals surface area contributed by atoms with E-state index in [0.29, 0.717) is 62.1 Å². The fraction of sp³-hybridized carbons (Fsp3) is 0.388. The number of thiazole rings is 2. The Morgan fingerprint density at radius 2 is 0.810 bits per heavy atom. The van der Waals surface area contributed by atoms with Gasteiger partial charge < -0.3 is 9.80 Å². The molecule has 0 N–H and O–H groups in total. The third-order valence-corrected chi connectivity index (χ3v) is 18.1. The van der Waals surface area contributed by atoms with Crippen molar-refractivity contribution < 1.29 is 16.8 Å². The summed E-state index contributed by atoms with van der Waals surface area (Å²) >= 11 is 3.28. The molecule has 6 aromatic rings. The zero-order chi connectivity index (χ0) is 45.1. The van der Waals surface area contributed by atoms with Gasteiger partial charge in [-0.3, -0.25) is 0 Å². The summed E-state index contributed by atoms with van der Waals surface area (Å²) in [5, 5.41) is 6.18. The van der Waals surface area contributed by atoms with Crippen LogP contribution < -0.4 is 9.80 Å². The molecule has 0 amide bonds. The lowest BCUT2D eigenvalue weighted by Crippen LogP contribution is -2.48. The molecule has 4 aromatic carbocycles. The number of rotatable bonds is 11. The molecule has 63 heavy (non-hydrogen) atoms. The normalized spacial score (nSPS) is 15.4. The molecule has 0 radical (unpaired) electrons. The van der Waals surface area contributed by atoms with Crippen molar-refractivity contribution in [2.24, 2.45) is 0 Å². The minimum absolute atomic E-state index is 0.459. The summed E-state index contributed by atoms with van der Waals surface area (Å²) < 4.78 is 56.5. The Hall–Kier alpha value is -4.44. The molecule has 0 bridgehead atoms. The van der Waals surface area contributed by atoms with Crippen molar-refractivity contribution in [3.63, 3.8) is 0 Å². The maximum atomic E-state index is 13.3. The Kier molecular flexibility index (Phi) is 14.6. The minimum Gasteiger partial charge on any atom is -0.345 e. The molecule has 0 aliphatic carbocycles. The van der Waals surface area contributed by atoms with Gasteiger partial charge in [0.25, 0.3) is 0 Å². The highest BCUT2D eigenvalue weighted by atomic mass is 32.2. The molecule has 0 unspecified atom stereocenters. The van der Waals surface area contributed by atoms with Crippen molar-refractivity contribution in [2.45, 2.75) is 84.4 Å². The number of aryl methyl sites for hydroxylation is 8. The van der Waals surface area contributed by atoms with Gasteiger partial charge in [0.05, 0.1) is 21.2 Å². The largest absolute Gasteiger partial charge is 0.345 e. The Balaban J connectivity index is 0.000000189. The van der Waals surface area contributed by atoms with Crippen LogP contribution >= 0.6 is 22.7 Å². The number of hydrogen-bond acceptors (Lipinski definition) is 10. The van der Waals surface area contributed by atoms with Gasteiger partial charge in [-0.2, -0.15) is 8.61 Å². The number of benzene rings is 4. The van der Waals surface area contributed by atoms with Crippen molar-refractivity contribution in [2.75, 3.05) is 62.2 Å². The Bertz CT molecular complexity index is 2700. The number of piperazine rings is 2. The summed E-state index contributed by atoms with van der Waals surface area (Å²) in [6.07, 6.45) is 2.68. The summed E-state index contributed by atoms with van der Waals surface area (Å²) in [5.41, 5.74) is 12.7. The van der Waals surface area contributed by atoms with E-state index in [-0.39, 0.29) is 0 Å². The van der Waals surface area contributed by atoms with Crippen LogP contribution in [0.2, 0.25) is 0 Å². The summed E-state index contributed by atoms with van der Waals surface area (Å²) in [7, 11) is -6.99. The highest BCUT2D eigenvalue weighted by molar-refractivity contribution is 7.89. The number of hydrogen-bond donors (Lipinski definition) is 0. The van der Waals surface area contributed by atoms with Gasteiger partial charge in [-0.15, -0.1) is 22.7 Å². The van der Waals surface area contributed by atoms with Gasteiger partial charge in [0.1, 0.15) is 0 Å². The topological polar surface area (TPSA) is 107 Å². The molecular formula is C49H60N6O4S4. The fourth-order valence-corrected chi connectivity index (χ4v) is 14.1. The third kappa shape index (κ3) is 10.9. The monoisotopic (exact) mass is 924 g/mol. The fourth-order valence-electron chi connectivity index (χ4n) is 8.71. The van der Waals surface area contributed by atoms with Crippen LogP contribution in [0.5, 0.6) is 0 Å². The molecule has 2 aliphatic rings. The van der Waals surface area contributed by atoms with E-state index in [9.17, 15) is 16.8 Å². The molecule has 4 heterocycles. The smallest absolute Gasteiger partial charge is 0.243 e. The Labute approximate surface area is 383 Å². The second-order valence-electron chi connectivity index (χ2n) is 17.0. The zero-order valence-electron chi connectivity index (χ0n) is 37.8. The number of sulfonamides is 2. The summed E-state index contributed by atoms with van der Waals surface area (Å²) in [4.78, 5) is 15.0. The molecule has 10 nitrogen and oxygen atoms in total. The minimum atomic E-state index is -3.50. The van der Waals surface area contributed by atoms with Crippen LogP contribution in [-0.2, 0) is 39.3 Å². The first-order valence-corrected chi connectivity index (χ1v) is 26.3. The number of anilines is 2. The number of nitrogens with zero attached hydrogens (tertiary/aromatic N) is 6. The van der Waals surface area contributed by atoms with Gasteiger partial charge in [-0.1, -0.05) is 96.4 Å². The van der Waals surface area contributed by atoms with Crippen LogP contribution in [-0.4, -0.2) is 87.8 Å². The van der Waals surface area contributed by atoms with Crippen molar-refractivity contribution >= 4 is 53.0 Å². The highest BCUT2D eigenvalue weighted by Crippen LogP contribution is 2.31.